The van der Waals surface area contributed by atoms with E-state index in [1.807, 2.05) is 0 Å². The molecular formula is C27H32O15. The van der Waals surface area contributed by atoms with Crippen molar-refractivity contribution in [2.75, 3.05) is 6.61 Å². The lowest BCUT2D eigenvalue weighted by atomic mass is 9.98. The molecule has 5 rings (SSSR count). The first-order chi connectivity index (χ1) is 19.9. The van der Waals surface area contributed by atoms with E-state index in [9.17, 15) is 51.1 Å². The van der Waals surface area contributed by atoms with Crippen molar-refractivity contribution in [3.05, 3.63) is 47.2 Å². The van der Waals surface area contributed by atoms with Crippen molar-refractivity contribution in [3.8, 4) is 28.7 Å². The predicted molar refractivity (Wildman–Crippen MR) is 137 cm³/mol. The maximum Gasteiger partial charge on any atom is 0.229 e. The maximum absolute atomic E-state index is 10.6. The van der Waals surface area contributed by atoms with Crippen molar-refractivity contribution in [2.45, 2.75) is 74.4 Å². The van der Waals surface area contributed by atoms with Crippen LogP contribution in [-0.4, -0.2) is 119 Å². The van der Waals surface area contributed by atoms with E-state index in [-0.39, 0.29) is 34.1 Å². The second-order valence-electron chi connectivity index (χ2n) is 10.3. The van der Waals surface area contributed by atoms with Crippen LogP contribution in [0.2, 0.25) is 0 Å². The third-order valence-electron chi connectivity index (χ3n) is 7.33. The number of benzene rings is 2. The summed E-state index contributed by atoms with van der Waals surface area (Å²) in [6.07, 6.45) is -15.0. The van der Waals surface area contributed by atoms with Crippen LogP contribution in [0.25, 0.3) is 6.08 Å². The molecule has 0 saturated carbocycles. The van der Waals surface area contributed by atoms with Crippen LogP contribution in [0, 0.1) is 0 Å². The van der Waals surface area contributed by atoms with Crippen molar-refractivity contribution in [2.24, 2.45) is 0 Å². The molecule has 2 aromatic rings. The highest BCUT2D eigenvalue weighted by Gasteiger charge is 2.46. The Morgan fingerprint density at radius 1 is 0.738 bits per heavy atom. The number of hydrogen-bond donors (Lipinski definition) is 10. The van der Waals surface area contributed by atoms with Gasteiger partial charge in [-0.05, 0) is 25.1 Å². The molecule has 0 spiro atoms. The first-order valence-electron chi connectivity index (χ1n) is 13.0. The highest BCUT2D eigenvalue weighted by atomic mass is 16.7. The highest BCUT2D eigenvalue weighted by Crippen LogP contribution is 2.46. The topological polar surface area (TPSA) is 248 Å². The first kappa shape index (κ1) is 30.1. The van der Waals surface area contributed by atoms with E-state index >= 15 is 0 Å². The van der Waals surface area contributed by atoms with Gasteiger partial charge in [-0.25, -0.2) is 0 Å². The van der Waals surface area contributed by atoms with Crippen LogP contribution in [0.1, 0.15) is 24.2 Å². The largest absolute Gasteiger partial charge is 0.508 e. The Balaban J connectivity index is 1.54. The zero-order valence-corrected chi connectivity index (χ0v) is 22.0. The van der Waals surface area contributed by atoms with Gasteiger partial charge in [0.25, 0.3) is 0 Å². The summed E-state index contributed by atoms with van der Waals surface area (Å²) in [4.78, 5) is 0. The van der Waals surface area contributed by atoms with Crippen LogP contribution in [-0.2, 0) is 14.2 Å². The van der Waals surface area contributed by atoms with Gasteiger partial charge in [-0.1, -0.05) is 6.07 Å². The van der Waals surface area contributed by atoms with Crippen LogP contribution in [0.3, 0.4) is 0 Å². The van der Waals surface area contributed by atoms with E-state index in [2.05, 4.69) is 0 Å². The molecule has 0 aliphatic carbocycles. The van der Waals surface area contributed by atoms with E-state index in [0.29, 0.717) is 0 Å². The number of hydrogen-bond acceptors (Lipinski definition) is 15. The summed E-state index contributed by atoms with van der Waals surface area (Å²) in [5.41, 5.74) is 0.360. The molecule has 0 bridgehead atoms. The summed E-state index contributed by atoms with van der Waals surface area (Å²) in [6.45, 7) is 0.760. The number of phenols is 3. The van der Waals surface area contributed by atoms with Gasteiger partial charge in [0.1, 0.15) is 65.7 Å². The van der Waals surface area contributed by atoms with E-state index in [1.54, 1.807) is 0 Å². The Morgan fingerprint density at radius 3 is 2.07 bits per heavy atom. The van der Waals surface area contributed by atoms with E-state index in [4.69, 9.17) is 23.7 Å². The first-order valence-corrected chi connectivity index (χ1v) is 13.0. The zero-order chi connectivity index (χ0) is 30.5. The molecule has 2 aromatic carbocycles. The van der Waals surface area contributed by atoms with Crippen LogP contribution in [0.15, 0.2) is 36.1 Å². The SMILES string of the molecule is C[C@@H]1O[C@@H](OC2=Cc3c(cc(O)cc3O[C@@H]3O[C@H](CO)[C@@H](O)[C@H](O)[C@@H]3O)OC2c2ccc(O)c(O)c2)[C@@H](O)[C@H](O)[C@H]1O. The summed E-state index contributed by atoms with van der Waals surface area (Å²) in [7, 11) is 0. The van der Waals surface area contributed by atoms with Gasteiger partial charge in [-0.15, -0.1) is 0 Å². The summed E-state index contributed by atoms with van der Waals surface area (Å²) < 4.78 is 28.8. The predicted octanol–water partition coefficient (Wildman–Crippen LogP) is -1.70. The number of aromatic hydroxyl groups is 3. The monoisotopic (exact) mass is 596 g/mol. The van der Waals surface area contributed by atoms with Crippen molar-refractivity contribution in [1.82, 2.24) is 0 Å². The van der Waals surface area contributed by atoms with Crippen molar-refractivity contribution < 1.29 is 74.7 Å². The van der Waals surface area contributed by atoms with E-state index < -0.39 is 85.6 Å². The Morgan fingerprint density at radius 2 is 1.40 bits per heavy atom. The molecule has 0 aromatic heterocycles. The lowest BCUT2D eigenvalue weighted by Crippen LogP contribution is -2.60. The molecule has 11 atom stereocenters. The van der Waals surface area contributed by atoms with Crippen molar-refractivity contribution in [3.63, 3.8) is 0 Å². The van der Waals surface area contributed by atoms with Gasteiger partial charge in [0, 0.05) is 17.7 Å². The summed E-state index contributed by atoms with van der Waals surface area (Å²) in [5, 5.41) is 101. The fourth-order valence-electron chi connectivity index (χ4n) is 4.89. The number of rotatable bonds is 6. The lowest BCUT2D eigenvalue weighted by Gasteiger charge is -2.41. The molecule has 15 heteroatoms. The number of aliphatic hydroxyl groups is 7. The molecule has 0 amide bonds. The number of phenolic OH excluding ortho intramolecular Hbond substituents is 3. The maximum atomic E-state index is 10.6. The standard InChI is InChI=1S/C27H32O15/c1-9-19(32)21(34)23(36)26(38-9)41-17-7-12-15(39-25(17)10-2-3-13(30)14(31)4-10)5-11(29)6-16(12)40-27-24(37)22(35)20(33)18(8-28)42-27/h2-7,9,18-37H,8H2,1H3/t9-,18+,19-,20+,21+,22-,23-,24-,25?,26-,27+/m0/s1. The molecule has 2 fully saturated rings. The molecule has 0 radical (unpaired) electrons. The minimum absolute atomic E-state index is 0.00782. The average Bonchev–Trinajstić information content (AvgIpc) is 2.96. The number of aliphatic hydroxyl groups excluding tert-OH is 7. The van der Waals surface area contributed by atoms with Gasteiger partial charge in [0.05, 0.1) is 18.3 Å². The molecule has 3 heterocycles. The van der Waals surface area contributed by atoms with E-state index in [1.165, 1.54) is 37.3 Å². The second-order valence-corrected chi connectivity index (χ2v) is 10.3. The Hall–Kier alpha value is -3.38. The highest BCUT2D eigenvalue weighted by molar-refractivity contribution is 5.70. The quantitative estimate of drug-likeness (QED) is 0.167. The van der Waals surface area contributed by atoms with Gasteiger partial charge in [-0.2, -0.15) is 0 Å². The molecule has 3 aliphatic heterocycles. The van der Waals surface area contributed by atoms with Gasteiger partial charge < -0.3 is 74.7 Å². The van der Waals surface area contributed by atoms with E-state index in [0.717, 1.165) is 6.07 Å². The second kappa shape index (κ2) is 11.7. The Kier molecular flexibility index (Phi) is 8.39. The molecule has 1 unspecified atom stereocenters. The lowest BCUT2D eigenvalue weighted by molar-refractivity contribution is -0.285. The van der Waals surface area contributed by atoms with Gasteiger partial charge in [-0.3, -0.25) is 0 Å². The minimum atomic E-state index is -1.77. The molecule has 10 N–H and O–H groups in total. The Labute approximate surface area is 238 Å². The summed E-state index contributed by atoms with van der Waals surface area (Å²) in [6, 6.07) is 6.17. The molecule has 230 valence electrons. The molecule has 2 saturated heterocycles. The molecule has 42 heavy (non-hydrogen) atoms. The average molecular weight is 597 g/mol. The van der Waals surface area contributed by atoms with Crippen molar-refractivity contribution >= 4 is 6.08 Å². The van der Waals surface area contributed by atoms with Crippen LogP contribution in [0.4, 0.5) is 0 Å². The number of fused-ring (bicyclic) bond motifs is 1. The van der Waals surface area contributed by atoms with Crippen LogP contribution in [0.5, 0.6) is 28.7 Å². The molecular weight excluding hydrogens is 564 g/mol. The smallest absolute Gasteiger partial charge is 0.229 e. The van der Waals surface area contributed by atoms with Gasteiger partial charge in [0.15, 0.2) is 17.6 Å². The fourth-order valence-corrected chi connectivity index (χ4v) is 4.89. The van der Waals surface area contributed by atoms with Gasteiger partial charge in [0.2, 0.25) is 12.6 Å². The summed E-state index contributed by atoms with van der Waals surface area (Å²) in [5.74, 6) is -1.46. The van der Waals surface area contributed by atoms with Crippen molar-refractivity contribution in [1.29, 1.82) is 0 Å². The molecule has 15 nitrogen and oxygen atoms in total. The minimum Gasteiger partial charge on any atom is -0.508 e. The third kappa shape index (κ3) is 5.54. The van der Waals surface area contributed by atoms with Crippen LogP contribution >= 0.6 is 0 Å². The van der Waals surface area contributed by atoms with Gasteiger partial charge >= 0.3 is 0 Å². The number of ether oxygens (including phenoxy) is 5. The normalized spacial score (nSPS) is 36.4. The summed E-state index contributed by atoms with van der Waals surface area (Å²) >= 11 is 0. The fraction of sp³-hybridized carbons (Fsp3) is 0.481. The third-order valence-corrected chi connectivity index (χ3v) is 7.33. The zero-order valence-electron chi connectivity index (χ0n) is 22.0. The Bertz CT molecular complexity index is 1310. The van der Waals surface area contributed by atoms with Crippen LogP contribution < -0.4 is 9.47 Å². The molecule has 3 aliphatic rings.